The second-order valence-electron chi connectivity index (χ2n) is 17.2. The van der Waals surface area contributed by atoms with Crippen LogP contribution in [0.3, 0.4) is 0 Å². The quantitative estimate of drug-likeness (QED) is 0.178. The Balaban J connectivity index is 1.15. The van der Waals surface area contributed by atoms with Crippen molar-refractivity contribution in [2.75, 3.05) is 4.90 Å². The molecule has 0 saturated heterocycles. The Morgan fingerprint density at radius 2 is 0.783 bits per heavy atom. The van der Waals surface area contributed by atoms with Crippen molar-refractivity contribution in [3.8, 4) is 44.5 Å². The average molecular weight is 766 g/mol. The fourth-order valence-electron chi connectivity index (χ4n) is 11.3. The Hall–Kier alpha value is -7.42. The summed E-state index contributed by atoms with van der Waals surface area (Å²) in [5.41, 5.74) is 22.3. The summed E-state index contributed by atoms with van der Waals surface area (Å²) in [4.78, 5) is 2.45. The Bertz CT molecular complexity index is 3390. The van der Waals surface area contributed by atoms with Crippen LogP contribution in [0.15, 0.2) is 205 Å². The van der Waals surface area contributed by atoms with Gasteiger partial charge in [-0.15, -0.1) is 0 Å². The summed E-state index contributed by atoms with van der Waals surface area (Å²) in [6, 6.07) is 74.5. The number of rotatable bonds is 3. The molecule has 0 fully saturated rings. The van der Waals surface area contributed by atoms with E-state index in [1.54, 1.807) is 0 Å². The maximum absolute atomic E-state index is 6.86. The van der Waals surface area contributed by atoms with E-state index in [1.165, 1.54) is 77.9 Å². The van der Waals surface area contributed by atoms with E-state index < -0.39 is 5.41 Å². The molecule has 9 aromatic carbocycles. The van der Waals surface area contributed by atoms with Crippen molar-refractivity contribution >= 4 is 39.0 Å². The summed E-state index contributed by atoms with van der Waals surface area (Å²) in [7, 11) is 0. The molecule has 0 atom stereocenters. The van der Waals surface area contributed by atoms with Gasteiger partial charge < -0.3 is 9.32 Å². The van der Waals surface area contributed by atoms with Gasteiger partial charge in [-0.05, 0) is 114 Å². The molecule has 0 saturated carbocycles. The first-order chi connectivity index (χ1) is 29.5. The Kier molecular flexibility index (Phi) is 6.74. The molecule has 1 aromatic heterocycles. The van der Waals surface area contributed by atoms with Crippen LogP contribution in [0.1, 0.15) is 47.2 Å². The van der Waals surface area contributed by atoms with E-state index in [0.29, 0.717) is 0 Å². The molecule has 2 heteroatoms. The second-order valence-corrected chi connectivity index (χ2v) is 17.2. The number of furan rings is 1. The minimum Gasteiger partial charge on any atom is -0.454 e. The van der Waals surface area contributed by atoms with E-state index in [4.69, 9.17) is 4.42 Å². The number of benzene rings is 9. The van der Waals surface area contributed by atoms with Crippen molar-refractivity contribution in [3.63, 3.8) is 0 Å². The molecule has 3 aliphatic rings. The van der Waals surface area contributed by atoms with Crippen molar-refractivity contribution in [1.29, 1.82) is 0 Å². The predicted octanol–water partition coefficient (Wildman–Crippen LogP) is 15.4. The fraction of sp³-hybridized carbons (Fsp3) is 0.0690. The molecule has 282 valence electrons. The lowest BCUT2D eigenvalue weighted by molar-refractivity contribution is 0.660. The molecule has 13 rings (SSSR count). The van der Waals surface area contributed by atoms with Crippen LogP contribution in [0, 0.1) is 0 Å². The molecule has 60 heavy (non-hydrogen) atoms. The van der Waals surface area contributed by atoms with Gasteiger partial charge in [0, 0.05) is 27.6 Å². The zero-order chi connectivity index (χ0) is 39.7. The van der Waals surface area contributed by atoms with Gasteiger partial charge in [0.15, 0.2) is 5.58 Å². The lowest BCUT2D eigenvalue weighted by Gasteiger charge is -2.36. The van der Waals surface area contributed by atoms with E-state index in [2.05, 4.69) is 219 Å². The van der Waals surface area contributed by atoms with Crippen LogP contribution in [0.25, 0.3) is 66.4 Å². The zero-order valence-corrected chi connectivity index (χ0v) is 33.4. The van der Waals surface area contributed by atoms with Crippen molar-refractivity contribution in [1.82, 2.24) is 0 Å². The molecular formula is C58H39NO. The first-order valence-electron chi connectivity index (χ1n) is 21.0. The highest BCUT2D eigenvalue weighted by atomic mass is 16.3. The van der Waals surface area contributed by atoms with Gasteiger partial charge in [-0.1, -0.05) is 178 Å². The van der Waals surface area contributed by atoms with E-state index in [0.717, 1.165) is 39.0 Å². The van der Waals surface area contributed by atoms with Crippen molar-refractivity contribution < 1.29 is 4.42 Å². The van der Waals surface area contributed by atoms with Gasteiger partial charge in [0.1, 0.15) is 5.58 Å². The van der Waals surface area contributed by atoms with Crippen LogP contribution in [-0.2, 0) is 10.8 Å². The summed E-state index contributed by atoms with van der Waals surface area (Å²) in [5, 5.41) is 2.22. The number of para-hydroxylation sites is 2. The van der Waals surface area contributed by atoms with Crippen LogP contribution in [-0.4, -0.2) is 0 Å². The molecule has 0 N–H and O–H groups in total. The van der Waals surface area contributed by atoms with Crippen LogP contribution in [0.5, 0.6) is 0 Å². The highest BCUT2D eigenvalue weighted by molar-refractivity contribution is 6.10. The van der Waals surface area contributed by atoms with E-state index in [-0.39, 0.29) is 5.41 Å². The number of hydrogen-bond donors (Lipinski definition) is 0. The molecule has 0 bridgehead atoms. The number of hydrogen-bond acceptors (Lipinski definition) is 2. The molecule has 0 unspecified atom stereocenters. The van der Waals surface area contributed by atoms with Crippen molar-refractivity contribution in [3.05, 3.63) is 234 Å². The van der Waals surface area contributed by atoms with Gasteiger partial charge in [-0.2, -0.15) is 0 Å². The Morgan fingerprint density at radius 3 is 1.40 bits per heavy atom. The minimum atomic E-state index is -0.591. The lowest BCUT2D eigenvalue weighted by atomic mass is 9.66. The summed E-state index contributed by atoms with van der Waals surface area (Å²) in [5.74, 6) is 0. The standard InChI is InChI=1S/C58H39NO/c1-57(2)48-24-10-5-19-41(48)45-33-31-36(34-52(45)57)59(54-28-15-23-47-46-22-9-14-29-55(46)60-56(47)54)37-30-32-44-39-17-4-3-16-38(39)40-18-6-11-25-49(40)58(53(44)35-37)50-26-12-7-20-42(50)43-21-8-13-27-51(43)58/h3-35H,1-2H3. The largest absolute Gasteiger partial charge is 0.454 e. The van der Waals surface area contributed by atoms with Crippen molar-refractivity contribution in [2.45, 2.75) is 24.7 Å². The van der Waals surface area contributed by atoms with Gasteiger partial charge in [-0.25, -0.2) is 0 Å². The first-order valence-corrected chi connectivity index (χ1v) is 21.0. The summed E-state index contributed by atoms with van der Waals surface area (Å²) < 4.78 is 6.86. The van der Waals surface area contributed by atoms with E-state index in [9.17, 15) is 0 Å². The van der Waals surface area contributed by atoms with Crippen molar-refractivity contribution in [2.24, 2.45) is 0 Å². The maximum atomic E-state index is 6.86. The first kappa shape index (κ1) is 33.5. The molecule has 1 heterocycles. The third-order valence-corrected chi connectivity index (χ3v) is 13.9. The van der Waals surface area contributed by atoms with Crippen LogP contribution >= 0.6 is 0 Å². The SMILES string of the molecule is CC1(C)c2ccccc2-c2ccc(N(c3ccc4c(c3)C3(c5ccccc5-c5ccccc5-4)c4ccccc4-c4ccccc43)c3cccc4c3oc3ccccc34)cc21. The molecule has 2 nitrogen and oxygen atoms in total. The zero-order valence-electron chi connectivity index (χ0n) is 33.4. The highest BCUT2D eigenvalue weighted by Crippen LogP contribution is 2.62. The average Bonchev–Trinajstić information content (AvgIpc) is 3.88. The van der Waals surface area contributed by atoms with E-state index in [1.807, 2.05) is 0 Å². The maximum Gasteiger partial charge on any atom is 0.159 e. The van der Waals surface area contributed by atoms with Gasteiger partial charge in [0.25, 0.3) is 0 Å². The molecule has 0 amide bonds. The Labute approximate surface area is 349 Å². The third kappa shape index (κ3) is 4.27. The van der Waals surface area contributed by atoms with Gasteiger partial charge >= 0.3 is 0 Å². The van der Waals surface area contributed by atoms with Crippen LogP contribution in [0.4, 0.5) is 17.1 Å². The molecule has 0 aliphatic heterocycles. The summed E-state index contributed by atoms with van der Waals surface area (Å²) in [6.45, 7) is 4.73. The van der Waals surface area contributed by atoms with Gasteiger partial charge in [0.2, 0.25) is 0 Å². The molecule has 10 aromatic rings. The topological polar surface area (TPSA) is 16.4 Å². The van der Waals surface area contributed by atoms with Crippen LogP contribution < -0.4 is 4.90 Å². The lowest BCUT2D eigenvalue weighted by Crippen LogP contribution is -2.29. The smallest absolute Gasteiger partial charge is 0.159 e. The second kappa shape index (κ2) is 12.1. The highest BCUT2D eigenvalue weighted by Gasteiger charge is 2.50. The van der Waals surface area contributed by atoms with Crippen LogP contribution in [0.2, 0.25) is 0 Å². The summed E-state index contributed by atoms with van der Waals surface area (Å²) >= 11 is 0. The predicted molar refractivity (Wildman–Crippen MR) is 248 cm³/mol. The third-order valence-electron chi connectivity index (χ3n) is 13.9. The van der Waals surface area contributed by atoms with Gasteiger partial charge in [-0.3, -0.25) is 0 Å². The molecule has 1 spiro atoms. The number of anilines is 3. The van der Waals surface area contributed by atoms with E-state index >= 15 is 0 Å². The molecule has 0 radical (unpaired) electrons. The summed E-state index contributed by atoms with van der Waals surface area (Å²) in [6.07, 6.45) is 0. The molecule has 3 aliphatic carbocycles. The normalized spacial score (nSPS) is 14.4. The molecular weight excluding hydrogens is 727 g/mol. The number of nitrogens with zero attached hydrogens (tertiary/aromatic N) is 1. The Morgan fingerprint density at radius 1 is 0.350 bits per heavy atom. The monoisotopic (exact) mass is 765 g/mol. The number of fused-ring (bicyclic) bond motifs is 18. The van der Waals surface area contributed by atoms with Gasteiger partial charge in [0.05, 0.1) is 11.1 Å². The minimum absolute atomic E-state index is 0.165. The fourth-order valence-corrected chi connectivity index (χ4v) is 11.3.